The van der Waals surface area contributed by atoms with Crippen molar-refractivity contribution in [2.45, 2.75) is 51.0 Å². The molecule has 0 aromatic rings. The van der Waals surface area contributed by atoms with Crippen LogP contribution < -0.4 is 0 Å². The van der Waals surface area contributed by atoms with Gasteiger partial charge in [-0.1, -0.05) is 6.42 Å². The van der Waals surface area contributed by atoms with Crippen LogP contribution in [0.25, 0.3) is 0 Å². The molecule has 5 heteroatoms. The first kappa shape index (κ1) is 16.3. The van der Waals surface area contributed by atoms with E-state index in [9.17, 15) is 9.59 Å². The zero-order valence-corrected chi connectivity index (χ0v) is 13.4. The first-order valence-electron chi connectivity index (χ1n) is 7.91. The van der Waals surface area contributed by atoms with Crippen molar-refractivity contribution in [1.82, 2.24) is 4.90 Å². The summed E-state index contributed by atoms with van der Waals surface area (Å²) in [5.41, 5.74) is -0.0993. The van der Waals surface area contributed by atoms with E-state index in [0.717, 1.165) is 45.2 Å². The van der Waals surface area contributed by atoms with Gasteiger partial charge in [-0.3, -0.25) is 9.59 Å². The maximum atomic E-state index is 12.6. The number of carbonyl (C=O) groups is 2. The minimum Gasteiger partial charge on any atom is -0.469 e. The molecule has 2 atom stereocenters. The molecule has 2 fully saturated rings. The van der Waals surface area contributed by atoms with Crippen LogP contribution in [0.3, 0.4) is 0 Å². The van der Waals surface area contributed by atoms with E-state index in [1.54, 1.807) is 7.11 Å². The van der Waals surface area contributed by atoms with Gasteiger partial charge in [0.2, 0.25) is 5.91 Å². The molecule has 120 valence electrons. The first-order valence-corrected chi connectivity index (χ1v) is 7.91. The Bertz CT molecular complexity index is 388. The summed E-state index contributed by atoms with van der Waals surface area (Å²) in [5.74, 6) is -0.0821. The summed E-state index contributed by atoms with van der Waals surface area (Å²) in [6, 6.07) is 0. The summed E-state index contributed by atoms with van der Waals surface area (Å²) in [4.78, 5) is 26.3. The maximum Gasteiger partial charge on any atom is 0.308 e. The smallest absolute Gasteiger partial charge is 0.308 e. The van der Waals surface area contributed by atoms with Gasteiger partial charge in [-0.05, 0) is 39.0 Å². The van der Waals surface area contributed by atoms with Crippen molar-refractivity contribution >= 4 is 11.9 Å². The van der Waals surface area contributed by atoms with Crippen LogP contribution in [0.5, 0.6) is 0 Å². The Hall–Kier alpha value is -1.10. The van der Waals surface area contributed by atoms with E-state index in [-0.39, 0.29) is 29.3 Å². The highest BCUT2D eigenvalue weighted by Gasteiger charge is 2.37. The summed E-state index contributed by atoms with van der Waals surface area (Å²) in [6.45, 7) is 3.60. The highest BCUT2D eigenvalue weighted by Crippen LogP contribution is 2.33. The van der Waals surface area contributed by atoms with Gasteiger partial charge in [0, 0.05) is 26.1 Å². The lowest BCUT2D eigenvalue weighted by atomic mass is 9.80. The predicted octanol–water partition coefficient (Wildman–Crippen LogP) is 1.99. The number of rotatable bonds is 3. The second-order valence-electron chi connectivity index (χ2n) is 6.56. The van der Waals surface area contributed by atoms with Crippen LogP contribution in [0.2, 0.25) is 0 Å². The van der Waals surface area contributed by atoms with E-state index in [1.807, 2.05) is 4.90 Å². The van der Waals surface area contributed by atoms with Gasteiger partial charge in [-0.2, -0.15) is 0 Å². The fourth-order valence-corrected chi connectivity index (χ4v) is 3.46. The van der Waals surface area contributed by atoms with E-state index in [0.29, 0.717) is 6.42 Å². The molecule has 21 heavy (non-hydrogen) atoms. The van der Waals surface area contributed by atoms with Crippen molar-refractivity contribution in [3.8, 4) is 0 Å². The van der Waals surface area contributed by atoms with Gasteiger partial charge in [-0.25, -0.2) is 0 Å². The Balaban J connectivity index is 1.90. The maximum absolute atomic E-state index is 12.6. The van der Waals surface area contributed by atoms with Crippen LogP contribution >= 0.6 is 0 Å². The van der Waals surface area contributed by atoms with Gasteiger partial charge in [0.05, 0.1) is 18.6 Å². The van der Waals surface area contributed by atoms with Crippen LogP contribution in [0.1, 0.15) is 45.4 Å². The second-order valence-corrected chi connectivity index (χ2v) is 6.56. The molecule has 0 aromatic heterocycles. The molecule has 1 saturated heterocycles. The third kappa shape index (κ3) is 3.76. The molecule has 1 saturated carbocycles. The van der Waals surface area contributed by atoms with Crippen molar-refractivity contribution in [2.24, 2.45) is 11.8 Å². The minimum absolute atomic E-state index is 0.0187. The van der Waals surface area contributed by atoms with Crippen molar-refractivity contribution in [3.63, 3.8) is 0 Å². The molecular formula is C16H27NO4. The molecule has 0 bridgehead atoms. The van der Waals surface area contributed by atoms with E-state index in [2.05, 4.69) is 6.92 Å². The molecule has 0 aromatic carbocycles. The van der Waals surface area contributed by atoms with Gasteiger partial charge >= 0.3 is 5.97 Å². The van der Waals surface area contributed by atoms with Crippen LogP contribution in [0.4, 0.5) is 0 Å². The van der Waals surface area contributed by atoms with Crippen molar-refractivity contribution < 1.29 is 19.1 Å². The second kappa shape index (κ2) is 6.77. The van der Waals surface area contributed by atoms with E-state index in [4.69, 9.17) is 9.47 Å². The molecule has 2 rings (SSSR count). The Morgan fingerprint density at radius 3 is 2.29 bits per heavy atom. The quantitative estimate of drug-likeness (QED) is 0.748. The average molecular weight is 297 g/mol. The summed E-state index contributed by atoms with van der Waals surface area (Å²) in [5, 5.41) is 0. The van der Waals surface area contributed by atoms with Crippen LogP contribution in [-0.2, 0) is 19.1 Å². The van der Waals surface area contributed by atoms with E-state index >= 15 is 0 Å². The third-order valence-corrected chi connectivity index (χ3v) is 5.18. The van der Waals surface area contributed by atoms with Crippen LogP contribution in [0, 0.1) is 11.8 Å². The number of likely N-dealkylation sites (tertiary alicyclic amines) is 1. The largest absolute Gasteiger partial charge is 0.469 e. The summed E-state index contributed by atoms with van der Waals surface area (Å²) in [6.07, 6.45) is 5.07. The minimum atomic E-state index is -0.168. The van der Waals surface area contributed by atoms with E-state index in [1.165, 1.54) is 7.11 Å². The Morgan fingerprint density at radius 2 is 1.71 bits per heavy atom. The molecule has 0 radical (unpaired) electrons. The van der Waals surface area contributed by atoms with E-state index < -0.39 is 0 Å². The number of methoxy groups -OCH3 is 2. The Kier molecular flexibility index (Phi) is 5.25. The number of hydrogen-bond donors (Lipinski definition) is 0. The van der Waals surface area contributed by atoms with Gasteiger partial charge in [-0.15, -0.1) is 0 Å². The van der Waals surface area contributed by atoms with Crippen molar-refractivity contribution in [1.29, 1.82) is 0 Å². The normalized spacial score (nSPS) is 29.0. The molecule has 0 spiro atoms. The molecule has 2 aliphatic rings. The number of amides is 1. The lowest BCUT2D eigenvalue weighted by Gasteiger charge is -2.40. The fraction of sp³-hybridized carbons (Fsp3) is 0.875. The summed E-state index contributed by atoms with van der Waals surface area (Å²) >= 11 is 0. The summed E-state index contributed by atoms with van der Waals surface area (Å²) in [7, 11) is 3.16. The zero-order valence-electron chi connectivity index (χ0n) is 13.4. The Labute approximate surface area is 127 Å². The molecule has 5 nitrogen and oxygen atoms in total. The molecule has 1 aliphatic heterocycles. The molecule has 2 unspecified atom stereocenters. The monoisotopic (exact) mass is 297 g/mol. The molecule has 0 N–H and O–H groups in total. The highest BCUT2D eigenvalue weighted by molar-refractivity contribution is 5.80. The van der Waals surface area contributed by atoms with Crippen LogP contribution in [0.15, 0.2) is 0 Å². The number of nitrogens with zero attached hydrogens (tertiary/aromatic N) is 1. The number of ether oxygens (including phenoxy) is 2. The zero-order chi connectivity index (χ0) is 15.5. The molecular weight excluding hydrogens is 270 g/mol. The lowest BCUT2D eigenvalue weighted by Crippen LogP contribution is -2.48. The van der Waals surface area contributed by atoms with Gasteiger partial charge in [0.1, 0.15) is 0 Å². The number of hydrogen-bond acceptors (Lipinski definition) is 4. The highest BCUT2D eigenvalue weighted by atomic mass is 16.5. The Morgan fingerprint density at radius 1 is 1.10 bits per heavy atom. The van der Waals surface area contributed by atoms with Crippen LogP contribution in [-0.4, -0.2) is 49.7 Å². The van der Waals surface area contributed by atoms with Crippen molar-refractivity contribution in [3.05, 3.63) is 0 Å². The number of piperidine rings is 1. The molecule has 1 amide bonds. The van der Waals surface area contributed by atoms with Gasteiger partial charge < -0.3 is 14.4 Å². The standard InChI is InChI=1S/C16H27NO4/c1-16(21-3)7-9-17(10-8-16)14(18)12-5-4-6-13(11-12)15(19)20-2/h12-13H,4-11H2,1-3H3. The average Bonchev–Trinajstić information content (AvgIpc) is 2.54. The topological polar surface area (TPSA) is 55.8 Å². The summed E-state index contributed by atoms with van der Waals surface area (Å²) < 4.78 is 10.3. The van der Waals surface area contributed by atoms with Gasteiger partial charge in [0.25, 0.3) is 0 Å². The number of esters is 1. The van der Waals surface area contributed by atoms with Crippen molar-refractivity contribution in [2.75, 3.05) is 27.3 Å². The molecule has 1 aliphatic carbocycles. The predicted molar refractivity (Wildman–Crippen MR) is 78.7 cm³/mol. The third-order valence-electron chi connectivity index (χ3n) is 5.18. The fourth-order valence-electron chi connectivity index (χ4n) is 3.46. The lowest BCUT2D eigenvalue weighted by molar-refractivity contribution is -0.149. The SMILES string of the molecule is COC(=O)C1CCCC(C(=O)N2CCC(C)(OC)CC2)C1. The molecule has 1 heterocycles. The first-order chi connectivity index (χ1) is 9.99. The van der Waals surface area contributed by atoms with Gasteiger partial charge in [0.15, 0.2) is 0 Å². The number of carbonyl (C=O) groups excluding carboxylic acids is 2.